The molecule has 0 aliphatic carbocycles. The Labute approximate surface area is 200 Å². The molecule has 0 saturated carbocycles. The lowest BCUT2D eigenvalue weighted by Crippen LogP contribution is -2.49. The molecule has 30 heavy (non-hydrogen) atoms. The van der Waals surface area contributed by atoms with Crippen molar-refractivity contribution in [3.8, 4) is 0 Å². The second kappa shape index (κ2) is 14.9. The van der Waals surface area contributed by atoms with Gasteiger partial charge in [-0.1, -0.05) is 25.5 Å². The van der Waals surface area contributed by atoms with Crippen LogP contribution in [0.15, 0.2) is 17.1 Å². The van der Waals surface area contributed by atoms with Gasteiger partial charge in [0.15, 0.2) is 5.96 Å². The molecule has 7 nitrogen and oxygen atoms in total. The number of alkyl carbamates (subject to hydrolysis) is 1. The summed E-state index contributed by atoms with van der Waals surface area (Å²) in [6, 6.07) is 0.375. The van der Waals surface area contributed by atoms with Gasteiger partial charge >= 0.3 is 6.09 Å². The molecule has 1 unspecified atom stereocenters. The number of nitrogens with one attached hydrogen (secondary N) is 3. The molecular weight excluding hydrogens is 493 g/mol. The minimum absolute atomic E-state index is 0. The summed E-state index contributed by atoms with van der Waals surface area (Å²) < 4.78 is 5.39. The van der Waals surface area contributed by atoms with Crippen molar-refractivity contribution in [2.45, 2.75) is 84.9 Å². The van der Waals surface area contributed by atoms with Gasteiger partial charge < -0.3 is 20.7 Å². The quantitative estimate of drug-likeness (QED) is 0.180. The van der Waals surface area contributed by atoms with Gasteiger partial charge in [-0.05, 0) is 53.9 Å². The number of aliphatic imine (C=N–C) groups is 1. The second-order valence-electron chi connectivity index (χ2n) is 9.00. The minimum atomic E-state index is -0.500. The van der Waals surface area contributed by atoms with Gasteiger partial charge in [-0.25, -0.2) is 4.79 Å². The van der Waals surface area contributed by atoms with Gasteiger partial charge in [-0.2, -0.15) is 0 Å². The minimum Gasteiger partial charge on any atom is -0.444 e. The van der Waals surface area contributed by atoms with Crippen molar-refractivity contribution in [2.75, 3.05) is 32.7 Å². The first-order valence-corrected chi connectivity index (χ1v) is 11.0. The largest absolute Gasteiger partial charge is 0.444 e. The number of likely N-dealkylation sites (tertiary alicyclic amines) is 1. The Bertz CT molecular complexity index is 540. The standard InChI is InChI=1S/C22H43N5O2.HI/c1-8-10-19(26-21(28)29-22(5,6)7)15-24-20(23-9-2)25-18-11-13-27(14-12-18)16-17(3)4;/h18-19H,3,8-16H2,1-2,4-7H3,(H,26,28)(H2,23,24,25);1H. The molecule has 0 aromatic rings. The molecule has 0 aromatic carbocycles. The van der Waals surface area contributed by atoms with E-state index in [9.17, 15) is 4.79 Å². The van der Waals surface area contributed by atoms with E-state index in [2.05, 4.69) is 48.2 Å². The molecule has 0 spiro atoms. The maximum absolute atomic E-state index is 12.1. The smallest absolute Gasteiger partial charge is 0.407 e. The molecule has 1 aliphatic rings. The summed E-state index contributed by atoms with van der Waals surface area (Å²) >= 11 is 0. The third-order valence-electron chi connectivity index (χ3n) is 4.59. The van der Waals surface area contributed by atoms with Crippen molar-refractivity contribution < 1.29 is 9.53 Å². The molecule has 176 valence electrons. The Hall–Kier alpha value is -1.03. The molecule has 1 saturated heterocycles. The number of hydrogen-bond acceptors (Lipinski definition) is 4. The van der Waals surface area contributed by atoms with E-state index >= 15 is 0 Å². The van der Waals surface area contributed by atoms with Crippen LogP contribution in [0.3, 0.4) is 0 Å². The van der Waals surface area contributed by atoms with Crippen molar-refractivity contribution in [3.63, 3.8) is 0 Å². The van der Waals surface area contributed by atoms with Crippen molar-refractivity contribution in [2.24, 2.45) is 4.99 Å². The van der Waals surface area contributed by atoms with Crippen molar-refractivity contribution in [1.29, 1.82) is 0 Å². The van der Waals surface area contributed by atoms with Crippen molar-refractivity contribution in [1.82, 2.24) is 20.9 Å². The Morgan fingerprint density at radius 1 is 1.27 bits per heavy atom. The fraction of sp³-hybridized carbons (Fsp3) is 0.818. The molecule has 8 heteroatoms. The lowest BCUT2D eigenvalue weighted by molar-refractivity contribution is 0.0503. The van der Waals surface area contributed by atoms with Crippen LogP contribution in [0.5, 0.6) is 0 Å². The number of halogens is 1. The van der Waals surface area contributed by atoms with E-state index in [-0.39, 0.29) is 36.1 Å². The highest BCUT2D eigenvalue weighted by Crippen LogP contribution is 2.12. The zero-order valence-electron chi connectivity index (χ0n) is 19.8. The van der Waals surface area contributed by atoms with Gasteiger partial charge in [-0.15, -0.1) is 24.0 Å². The van der Waals surface area contributed by atoms with Gasteiger partial charge in [-0.3, -0.25) is 9.89 Å². The van der Waals surface area contributed by atoms with E-state index < -0.39 is 5.60 Å². The van der Waals surface area contributed by atoms with Crippen LogP contribution in [0.4, 0.5) is 4.79 Å². The van der Waals surface area contributed by atoms with Crippen LogP contribution in [-0.2, 0) is 4.74 Å². The predicted octanol–water partition coefficient (Wildman–Crippen LogP) is 3.89. The number of amides is 1. The number of hydrogen-bond donors (Lipinski definition) is 3. The van der Waals surface area contributed by atoms with E-state index in [0.29, 0.717) is 12.6 Å². The maximum atomic E-state index is 12.1. The monoisotopic (exact) mass is 537 g/mol. The number of rotatable bonds is 9. The lowest BCUT2D eigenvalue weighted by atomic mass is 10.0. The molecular formula is C22H44IN5O2. The summed E-state index contributed by atoms with van der Waals surface area (Å²) in [6.07, 6.45) is 3.63. The first-order chi connectivity index (χ1) is 13.6. The van der Waals surface area contributed by atoms with E-state index in [0.717, 1.165) is 57.8 Å². The fourth-order valence-electron chi connectivity index (χ4n) is 3.36. The number of guanidine groups is 1. The Balaban J connectivity index is 0.00000841. The normalized spacial score (nSPS) is 16.9. The average molecular weight is 538 g/mol. The first-order valence-electron chi connectivity index (χ1n) is 11.0. The summed E-state index contributed by atoms with van der Waals surface area (Å²) in [5.41, 5.74) is 0.713. The summed E-state index contributed by atoms with van der Waals surface area (Å²) in [4.78, 5) is 19.3. The molecule has 3 N–H and O–H groups in total. The van der Waals surface area contributed by atoms with Crippen molar-refractivity contribution >= 4 is 36.0 Å². The average Bonchev–Trinajstić information content (AvgIpc) is 2.59. The van der Waals surface area contributed by atoms with E-state index in [1.54, 1.807) is 0 Å². The van der Waals surface area contributed by atoms with Crippen LogP contribution >= 0.6 is 24.0 Å². The molecule has 1 atom stereocenters. The highest BCUT2D eigenvalue weighted by atomic mass is 127. The summed E-state index contributed by atoms with van der Waals surface area (Å²) in [6.45, 7) is 20.3. The number of piperidine rings is 1. The lowest BCUT2D eigenvalue weighted by Gasteiger charge is -2.33. The highest BCUT2D eigenvalue weighted by molar-refractivity contribution is 14.0. The van der Waals surface area contributed by atoms with Crippen LogP contribution in [0.1, 0.15) is 67.2 Å². The van der Waals surface area contributed by atoms with E-state index in [1.165, 1.54) is 5.57 Å². The molecule has 0 radical (unpaired) electrons. The molecule has 0 bridgehead atoms. The third-order valence-corrected chi connectivity index (χ3v) is 4.59. The molecule has 1 rings (SSSR count). The molecule has 1 heterocycles. The Morgan fingerprint density at radius 2 is 1.90 bits per heavy atom. The topological polar surface area (TPSA) is 78.0 Å². The van der Waals surface area contributed by atoms with Crippen LogP contribution in [0.2, 0.25) is 0 Å². The van der Waals surface area contributed by atoms with Gasteiger partial charge in [0.25, 0.3) is 0 Å². The molecule has 0 aromatic heterocycles. The van der Waals surface area contributed by atoms with Gasteiger partial charge in [0, 0.05) is 32.2 Å². The number of carbonyl (C=O) groups excluding carboxylic acids is 1. The highest BCUT2D eigenvalue weighted by Gasteiger charge is 2.21. The van der Waals surface area contributed by atoms with E-state index in [4.69, 9.17) is 9.73 Å². The fourth-order valence-corrected chi connectivity index (χ4v) is 3.36. The van der Waals surface area contributed by atoms with Gasteiger partial charge in [0.05, 0.1) is 12.6 Å². The molecule has 1 fully saturated rings. The zero-order valence-corrected chi connectivity index (χ0v) is 22.2. The summed E-state index contributed by atoms with van der Waals surface area (Å²) in [7, 11) is 0. The first kappa shape index (κ1) is 29.0. The Kier molecular flexibility index (Phi) is 14.4. The second-order valence-corrected chi connectivity index (χ2v) is 9.00. The summed E-state index contributed by atoms with van der Waals surface area (Å²) in [5.74, 6) is 0.818. The van der Waals surface area contributed by atoms with Crippen molar-refractivity contribution in [3.05, 3.63) is 12.2 Å². The maximum Gasteiger partial charge on any atom is 0.407 e. The summed E-state index contributed by atoms with van der Waals surface area (Å²) in [5, 5.41) is 9.86. The SMILES string of the molecule is C=C(C)CN1CCC(NC(=NCC(CCC)NC(=O)OC(C)(C)C)NCC)CC1.I. The third kappa shape index (κ3) is 13.3. The van der Waals surface area contributed by atoms with Crippen LogP contribution in [0.25, 0.3) is 0 Å². The number of carbonyl (C=O) groups is 1. The molecule has 1 amide bonds. The van der Waals surface area contributed by atoms with Crippen LogP contribution < -0.4 is 16.0 Å². The van der Waals surface area contributed by atoms with Crippen LogP contribution in [0, 0.1) is 0 Å². The van der Waals surface area contributed by atoms with Gasteiger partial charge in [0.1, 0.15) is 5.60 Å². The van der Waals surface area contributed by atoms with Crippen LogP contribution in [-0.4, -0.2) is 67.4 Å². The number of nitrogens with zero attached hydrogens (tertiary/aromatic N) is 2. The number of ether oxygens (including phenoxy) is 1. The predicted molar refractivity (Wildman–Crippen MR) is 137 cm³/mol. The molecule has 1 aliphatic heterocycles. The Morgan fingerprint density at radius 3 is 2.40 bits per heavy atom. The van der Waals surface area contributed by atoms with Gasteiger partial charge in [0.2, 0.25) is 0 Å². The zero-order chi connectivity index (χ0) is 21.9. The van der Waals surface area contributed by atoms with E-state index in [1.807, 2.05) is 20.8 Å².